The minimum Gasteiger partial charge on any atom is -0.481 e. The number of aliphatic carboxylic acids is 1. The Morgan fingerprint density at radius 3 is 2.53 bits per heavy atom. The van der Waals surface area contributed by atoms with Crippen molar-refractivity contribution in [3.63, 3.8) is 0 Å². The van der Waals surface area contributed by atoms with Gasteiger partial charge in [-0.25, -0.2) is 13.2 Å². The molecule has 2 aliphatic rings. The van der Waals surface area contributed by atoms with Gasteiger partial charge < -0.3 is 15.3 Å². The predicted octanol–water partition coefficient (Wildman–Crippen LogP) is -0.0542. The van der Waals surface area contributed by atoms with Crippen molar-refractivity contribution in [1.82, 2.24) is 10.2 Å². The van der Waals surface area contributed by atoms with Crippen LogP contribution in [0.4, 0.5) is 4.79 Å². The fourth-order valence-electron chi connectivity index (χ4n) is 1.96. The molecule has 1 atom stereocenters. The molecule has 0 bridgehead atoms. The van der Waals surface area contributed by atoms with Crippen molar-refractivity contribution in [2.45, 2.75) is 31.3 Å². The Labute approximate surface area is 111 Å². The Morgan fingerprint density at radius 1 is 1.37 bits per heavy atom. The minimum atomic E-state index is -3.21. The number of hydrogen-bond donors (Lipinski definition) is 2. The number of urea groups is 1. The average Bonchev–Trinajstić information content (AvgIpc) is 3.05. The van der Waals surface area contributed by atoms with E-state index in [1.165, 1.54) is 11.0 Å². The Morgan fingerprint density at radius 2 is 2.05 bits per heavy atom. The predicted molar refractivity (Wildman–Crippen MR) is 67.2 cm³/mol. The second-order valence-electron chi connectivity index (χ2n) is 4.78. The third-order valence-electron chi connectivity index (χ3n) is 3.05. The number of nitrogens with zero attached hydrogens (tertiary/aromatic N) is 1. The third-order valence-corrected chi connectivity index (χ3v) is 4.45. The SMILES string of the molecule is O=C(O)CCN(C(=O)NC1C=CS(=O)(=O)C1)C1CC1. The molecular weight excluding hydrogens is 272 g/mol. The van der Waals surface area contributed by atoms with Crippen LogP contribution in [0.25, 0.3) is 0 Å². The quantitative estimate of drug-likeness (QED) is 0.738. The number of carbonyl (C=O) groups excluding carboxylic acids is 1. The maximum absolute atomic E-state index is 12.0. The maximum atomic E-state index is 12.0. The molecule has 1 unspecified atom stereocenters. The van der Waals surface area contributed by atoms with Crippen molar-refractivity contribution < 1.29 is 23.1 Å². The van der Waals surface area contributed by atoms with Gasteiger partial charge in [-0.2, -0.15) is 0 Å². The van der Waals surface area contributed by atoms with Crippen LogP contribution in [0.5, 0.6) is 0 Å². The highest BCUT2D eigenvalue weighted by molar-refractivity contribution is 7.94. The first-order valence-corrected chi connectivity index (χ1v) is 7.79. The van der Waals surface area contributed by atoms with E-state index >= 15 is 0 Å². The van der Waals surface area contributed by atoms with Gasteiger partial charge in [0, 0.05) is 18.0 Å². The van der Waals surface area contributed by atoms with E-state index in [2.05, 4.69) is 5.32 Å². The van der Waals surface area contributed by atoms with Crippen LogP contribution in [-0.4, -0.2) is 54.8 Å². The van der Waals surface area contributed by atoms with E-state index < -0.39 is 27.9 Å². The molecule has 2 amide bonds. The number of hydrogen-bond acceptors (Lipinski definition) is 4. The molecule has 7 nitrogen and oxygen atoms in total. The van der Waals surface area contributed by atoms with Crippen LogP contribution in [-0.2, 0) is 14.6 Å². The summed E-state index contributed by atoms with van der Waals surface area (Å²) in [5.41, 5.74) is 0. The molecule has 2 N–H and O–H groups in total. The Bertz CT molecular complexity index is 509. The van der Waals surface area contributed by atoms with Gasteiger partial charge in [-0.3, -0.25) is 4.79 Å². The summed E-state index contributed by atoms with van der Waals surface area (Å²) in [7, 11) is -3.21. The lowest BCUT2D eigenvalue weighted by atomic mass is 10.3. The van der Waals surface area contributed by atoms with Crippen molar-refractivity contribution >= 4 is 21.8 Å². The largest absolute Gasteiger partial charge is 0.481 e. The van der Waals surface area contributed by atoms with E-state index in [4.69, 9.17) is 5.11 Å². The first-order valence-electron chi connectivity index (χ1n) is 6.07. The molecule has 0 spiro atoms. The van der Waals surface area contributed by atoms with Crippen molar-refractivity contribution in [3.8, 4) is 0 Å². The zero-order chi connectivity index (χ0) is 14.0. The normalized spacial score (nSPS) is 24.1. The fraction of sp³-hybridized carbons (Fsp3) is 0.636. The van der Waals surface area contributed by atoms with E-state index in [1.54, 1.807) is 0 Å². The van der Waals surface area contributed by atoms with Crippen LogP contribution >= 0.6 is 0 Å². The molecule has 1 heterocycles. The molecule has 8 heteroatoms. The van der Waals surface area contributed by atoms with E-state index in [0.29, 0.717) is 0 Å². The molecule has 0 aromatic carbocycles. The van der Waals surface area contributed by atoms with Gasteiger partial charge in [0.05, 0.1) is 18.2 Å². The Kier molecular flexibility index (Phi) is 3.79. The molecule has 0 aromatic heterocycles. The summed E-state index contributed by atoms with van der Waals surface area (Å²) in [6, 6.07) is -0.833. The number of sulfone groups is 1. The lowest BCUT2D eigenvalue weighted by molar-refractivity contribution is -0.137. The highest BCUT2D eigenvalue weighted by atomic mass is 32.2. The summed E-state index contributed by atoms with van der Waals surface area (Å²) in [5, 5.41) is 12.4. The summed E-state index contributed by atoms with van der Waals surface area (Å²) < 4.78 is 22.4. The van der Waals surface area contributed by atoms with Gasteiger partial charge in [0.15, 0.2) is 9.84 Å². The van der Waals surface area contributed by atoms with Gasteiger partial charge in [-0.05, 0) is 18.9 Å². The molecule has 19 heavy (non-hydrogen) atoms. The lowest BCUT2D eigenvalue weighted by Gasteiger charge is -2.23. The molecule has 2 rings (SSSR count). The van der Waals surface area contributed by atoms with E-state index in [-0.39, 0.29) is 24.8 Å². The van der Waals surface area contributed by atoms with Crippen LogP contribution in [0.1, 0.15) is 19.3 Å². The van der Waals surface area contributed by atoms with Gasteiger partial charge >= 0.3 is 12.0 Å². The van der Waals surface area contributed by atoms with Gasteiger partial charge in [-0.15, -0.1) is 0 Å². The molecule has 1 aliphatic heterocycles. The monoisotopic (exact) mass is 288 g/mol. The van der Waals surface area contributed by atoms with Crippen molar-refractivity contribution in [1.29, 1.82) is 0 Å². The highest BCUT2D eigenvalue weighted by Gasteiger charge is 2.34. The fourth-order valence-corrected chi connectivity index (χ4v) is 3.19. The molecule has 0 radical (unpaired) electrons. The minimum absolute atomic E-state index is 0.0846. The summed E-state index contributed by atoms with van der Waals surface area (Å²) in [5.74, 6) is -1.09. The van der Waals surface area contributed by atoms with Crippen LogP contribution in [0, 0.1) is 0 Å². The molecule has 1 fully saturated rings. The van der Waals surface area contributed by atoms with Gasteiger partial charge in [0.2, 0.25) is 0 Å². The number of carboxylic acids is 1. The first kappa shape index (κ1) is 13.9. The maximum Gasteiger partial charge on any atom is 0.318 e. The second kappa shape index (κ2) is 5.20. The topological polar surface area (TPSA) is 104 Å². The van der Waals surface area contributed by atoms with E-state index in [9.17, 15) is 18.0 Å². The standard InChI is InChI=1S/C11H16N2O5S/c14-10(15)3-5-13(9-1-2-9)11(16)12-8-4-6-19(17,18)7-8/h4,6,8-9H,1-3,5,7H2,(H,12,16)(H,14,15). The summed E-state index contributed by atoms with van der Waals surface area (Å²) in [4.78, 5) is 24.0. The smallest absolute Gasteiger partial charge is 0.318 e. The van der Waals surface area contributed by atoms with Crippen molar-refractivity contribution in [3.05, 3.63) is 11.5 Å². The summed E-state index contributed by atoms with van der Waals surface area (Å²) in [6.45, 7) is 0.148. The summed E-state index contributed by atoms with van der Waals surface area (Å²) >= 11 is 0. The third kappa shape index (κ3) is 3.95. The molecule has 106 valence electrons. The number of carbonyl (C=O) groups is 2. The van der Waals surface area contributed by atoms with E-state index in [0.717, 1.165) is 18.2 Å². The van der Waals surface area contributed by atoms with Crippen LogP contribution in [0.15, 0.2) is 11.5 Å². The molecule has 0 aromatic rings. The average molecular weight is 288 g/mol. The Balaban J connectivity index is 1.89. The van der Waals surface area contributed by atoms with Gasteiger partial charge in [0.25, 0.3) is 0 Å². The first-order chi connectivity index (χ1) is 8.87. The van der Waals surface area contributed by atoms with Crippen LogP contribution in [0.2, 0.25) is 0 Å². The van der Waals surface area contributed by atoms with Crippen molar-refractivity contribution in [2.24, 2.45) is 0 Å². The van der Waals surface area contributed by atoms with E-state index in [1.807, 2.05) is 0 Å². The number of nitrogens with one attached hydrogen (secondary N) is 1. The second-order valence-corrected chi connectivity index (χ2v) is 6.71. The lowest BCUT2D eigenvalue weighted by Crippen LogP contribution is -2.46. The number of rotatable bonds is 5. The molecular formula is C11H16N2O5S. The summed E-state index contributed by atoms with van der Waals surface area (Å²) in [6.07, 6.45) is 3.07. The van der Waals surface area contributed by atoms with Crippen LogP contribution in [0.3, 0.4) is 0 Å². The zero-order valence-corrected chi connectivity index (χ0v) is 11.1. The molecule has 1 aliphatic carbocycles. The van der Waals surface area contributed by atoms with Gasteiger partial charge in [0.1, 0.15) is 0 Å². The van der Waals surface area contributed by atoms with Gasteiger partial charge in [-0.1, -0.05) is 0 Å². The zero-order valence-electron chi connectivity index (χ0n) is 10.3. The number of amides is 2. The Hall–Kier alpha value is -1.57. The van der Waals surface area contributed by atoms with Crippen LogP contribution < -0.4 is 5.32 Å². The number of carboxylic acid groups (broad SMARTS) is 1. The molecule has 0 saturated heterocycles. The highest BCUT2D eigenvalue weighted by Crippen LogP contribution is 2.27. The van der Waals surface area contributed by atoms with Crippen molar-refractivity contribution in [2.75, 3.05) is 12.3 Å². The molecule has 1 saturated carbocycles.